The number of carbonyl (C=O) groups is 2. The number of hydrogen-bond acceptors (Lipinski definition) is 2. The smallest absolute Gasteiger partial charge is 0.322 e. The third-order valence-corrected chi connectivity index (χ3v) is 4.96. The number of halogens is 1. The molecule has 3 amide bonds. The van der Waals surface area contributed by atoms with Gasteiger partial charge in [-0.25, -0.2) is 4.79 Å². The van der Waals surface area contributed by atoms with Gasteiger partial charge in [-0.15, -0.1) is 0 Å². The zero-order valence-electron chi connectivity index (χ0n) is 13.1. The Hall–Kier alpha value is -1.75. The fraction of sp³-hybridized carbons (Fsp3) is 0.529. The Balaban J connectivity index is 1.62. The fourth-order valence-electron chi connectivity index (χ4n) is 3.40. The van der Waals surface area contributed by atoms with Crippen LogP contribution < -0.4 is 10.6 Å². The molecule has 1 aliphatic heterocycles. The number of benzene rings is 1. The second kappa shape index (κ2) is 7.21. The summed E-state index contributed by atoms with van der Waals surface area (Å²) in [4.78, 5) is 26.6. The van der Waals surface area contributed by atoms with Crippen LogP contribution in [0.5, 0.6) is 0 Å². The number of urea groups is 1. The Kier molecular flexibility index (Phi) is 5.06. The molecule has 2 fully saturated rings. The van der Waals surface area contributed by atoms with E-state index < -0.39 is 0 Å². The van der Waals surface area contributed by atoms with Crippen molar-refractivity contribution in [1.82, 2.24) is 10.2 Å². The maximum atomic E-state index is 12.5. The van der Waals surface area contributed by atoms with Gasteiger partial charge in [-0.05, 0) is 37.8 Å². The Labute approximate surface area is 141 Å². The van der Waals surface area contributed by atoms with Gasteiger partial charge < -0.3 is 15.5 Å². The van der Waals surface area contributed by atoms with Crippen LogP contribution in [0.4, 0.5) is 10.5 Å². The average molecular weight is 336 g/mol. The molecule has 1 aliphatic carbocycles. The first-order valence-corrected chi connectivity index (χ1v) is 8.65. The van der Waals surface area contributed by atoms with E-state index in [4.69, 9.17) is 11.6 Å². The largest absolute Gasteiger partial charge is 0.352 e. The maximum Gasteiger partial charge on any atom is 0.322 e. The van der Waals surface area contributed by atoms with Crippen molar-refractivity contribution in [3.05, 3.63) is 29.3 Å². The zero-order chi connectivity index (χ0) is 16.2. The van der Waals surface area contributed by atoms with Gasteiger partial charge in [-0.2, -0.15) is 0 Å². The van der Waals surface area contributed by atoms with E-state index >= 15 is 0 Å². The summed E-state index contributed by atoms with van der Waals surface area (Å²) in [5.41, 5.74) is 0.570. The fourth-order valence-corrected chi connectivity index (χ4v) is 3.58. The minimum Gasteiger partial charge on any atom is -0.352 e. The van der Waals surface area contributed by atoms with Crippen molar-refractivity contribution in [3.8, 4) is 0 Å². The summed E-state index contributed by atoms with van der Waals surface area (Å²) in [7, 11) is 0. The molecule has 5 nitrogen and oxygen atoms in total. The second-order valence-corrected chi connectivity index (χ2v) is 6.66. The number of nitrogens with zero attached hydrogens (tertiary/aromatic N) is 1. The zero-order valence-corrected chi connectivity index (χ0v) is 13.8. The van der Waals surface area contributed by atoms with Crippen molar-refractivity contribution in [2.75, 3.05) is 11.9 Å². The quantitative estimate of drug-likeness (QED) is 0.889. The molecular formula is C17H22ClN3O2. The van der Waals surface area contributed by atoms with Gasteiger partial charge in [0.1, 0.15) is 6.04 Å². The van der Waals surface area contributed by atoms with E-state index in [9.17, 15) is 9.59 Å². The highest BCUT2D eigenvalue weighted by Gasteiger charge is 2.35. The molecule has 1 aromatic rings. The molecule has 1 heterocycles. The van der Waals surface area contributed by atoms with Crippen LogP contribution >= 0.6 is 11.6 Å². The van der Waals surface area contributed by atoms with E-state index in [1.165, 1.54) is 12.8 Å². The summed E-state index contributed by atoms with van der Waals surface area (Å²) in [6, 6.07) is 6.74. The monoisotopic (exact) mass is 335 g/mol. The lowest BCUT2D eigenvalue weighted by Gasteiger charge is -2.25. The van der Waals surface area contributed by atoms with Crippen LogP contribution in [-0.2, 0) is 4.79 Å². The Bertz CT molecular complexity index is 587. The van der Waals surface area contributed by atoms with E-state index in [1.807, 2.05) is 12.1 Å². The van der Waals surface area contributed by atoms with Crippen LogP contribution in [0, 0.1) is 0 Å². The average Bonchev–Trinajstić information content (AvgIpc) is 3.20. The van der Waals surface area contributed by atoms with Crippen LogP contribution in [0.15, 0.2) is 24.3 Å². The number of nitrogens with one attached hydrogen (secondary N) is 2. The molecule has 0 unspecified atom stereocenters. The first kappa shape index (κ1) is 16.1. The van der Waals surface area contributed by atoms with E-state index in [0.29, 0.717) is 23.7 Å². The van der Waals surface area contributed by atoms with Crippen LogP contribution in [0.2, 0.25) is 5.02 Å². The van der Waals surface area contributed by atoms with Crippen molar-refractivity contribution < 1.29 is 9.59 Å². The predicted octanol–water partition coefficient (Wildman–Crippen LogP) is 3.40. The lowest BCUT2D eigenvalue weighted by atomic mass is 10.1. The van der Waals surface area contributed by atoms with Crippen LogP contribution in [-0.4, -0.2) is 35.5 Å². The third-order valence-electron chi connectivity index (χ3n) is 4.63. The van der Waals surface area contributed by atoms with Gasteiger partial charge >= 0.3 is 6.03 Å². The molecule has 0 radical (unpaired) electrons. The highest BCUT2D eigenvalue weighted by atomic mass is 35.5. The summed E-state index contributed by atoms with van der Waals surface area (Å²) in [5, 5.41) is 6.39. The van der Waals surface area contributed by atoms with E-state index in [0.717, 1.165) is 19.3 Å². The van der Waals surface area contributed by atoms with E-state index in [-0.39, 0.29) is 24.0 Å². The van der Waals surface area contributed by atoms with E-state index in [2.05, 4.69) is 10.6 Å². The molecule has 2 N–H and O–H groups in total. The third kappa shape index (κ3) is 3.78. The molecule has 124 valence electrons. The second-order valence-electron chi connectivity index (χ2n) is 6.25. The lowest BCUT2D eigenvalue weighted by molar-refractivity contribution is -0.125. The number of anilines is 1. The van der Waals surface area contributed by atoms with Gasteiger partial charge in [-0.3, -0.25) is 4.79 Å². The van der Waals surface area contributed by atoms with Crippen LogP contribution in [0.3, 0.4) is 0 Å². The molecule has 2 aliphatic rings. The maximum absolute atomic E-state index is 12.5. The molecule has 1 atom stereocenters. The van der Waals surface area contributed by atoms with Gasteiger partial charge in [0.05, 0.1) is 10.7 Å². The standard InChI is InChI=1S/C17H22ClN3O2/c18-13-8-3-4-9-14(13)20-17(23)21-11-5-10-15(21)16(22)19-12-6-1-2-7-12/h3-4,8-9,12,15H,1-2,5-7,10-11H2,(H,19,22)(H,20,23)/t15-/m1/s1. The number of hydrogen-bond donors (Lipinski definition) is 2. The molecule has 1 saturated carbocycles. The Morgan fingerprint density at radius 2 is 1.83 bits per heavy atom. The topological polar surface area (TPSA) is 61.4 Å². The predicted molar refractivity (Wildman–Crippen MR) is 90.6 cm³/mol. The van der Waals surface area contributed by atoms with Crippen LogP contribution in [0.25, 0.3) is 0 Å². The number of para-hydroxylation sites is 1. The minimum atomic E-state index is -0.377. The Morgan fingerprint density at radius 1 is 1.09 bits per heavy atom. The van der Waals surface area contributed by atoms with Gasteiger partial charge in [0, 0.05) is 12.6 Å². The summed E-state index contributed by atoms with van der Waals surface area (Å²) in [6.45, 7) is 0.596. The highest BCUT2D eigenvalue weighted by molar-refractivity contribution is 6.33. The molecule has 3 rings (SSSR count). The van der Waals surface area contributed by atoms with Gasteiger partial charge in [-0.1, -0.05) is 36.6 Å². The van der Waals surface area contributed by atoms with Gasteiger partial charge in [0.25, 0.3) is 0 Å². The van der Waals surface area contributed by atoms with Crippen molar-refractivity contribution in [2.45, 2.75) is 50.6 Å². The minimum absolute atomic E-state index is 0.0243. The Morgan fingerprint density at radius 3 is 2.57 bits per heavy atom. The highest BCUT2D eigenvalue weighted by Crippen LogP contribution is 2.24. The number of amides is 3. The summed E-state index contributed by atoms with van der Waals surface area (Å²) >= 11 is 6.07. The SMILES string of the molecule is O=C(NC1CCCC1)[C@H]1CCCN1C(=O)Nc1ccccc1Cl. The van der Waals surface area contributed by atoms with Crippen LogP contribution in [0.1, 0.15) is 38.5 Å². The summed E-state index contributed by atoms with van der Waals surface area (Å²) < 4.78 is 0. The van der Waals surface area contributed by atoms with Crippen molar-refractivity contribution in [2.24, 2.45) is 0 Å². The molecular weight excluding hydrogens is 314 g/mol. The molecule has 1 saturated heterocycles. The van der Waals surface area contributed by atoms with Crippen molar-refractivity contribution in [1.29, 1.82) is 0 Å². The number of carbonyl (C=O) groups excluding carboxylic acids is 2. The van der Waals surface area contributed by atoms with Gasteiger partial charge in [0.15, 0.2) is 0 Å². The normalized spacial score (nSPS) is 21.4. The molecule has 0 bridgehead atoms. The summed E-state index contributed by atoms with van der Waals surface area (Å²) in [6.07, 6.45) is 6.00. The first-order chi connectivity index (χ1) is 11.1. The van der Waals surface area contributed by atoms with Crippen molar-refractivity contribution in [3.63, 3.8) is 0 Å². The molecule has 1 aromatic carbocycles. The molecule has 23 heavy (non-hydrogen) atoms. The van der Waals surface area contributed by atoms with E-state index in [1.54, 1.807) is 17.0 Å². The molecule has 6 heteroatoms. The molecule has 0 aromatic heterocycles. The summed E-state index contributed by atoms with van der Waals surface area (Å²) in [5.74, 6) is -0.0243. The molecule has 0 spiro atoms. The number of rotatable bonds is 3. The van der Waals surface area contributed by atoms with Crippen molar-refractivity contribution >= 4 is 29.2 Å². The number of likely N-dealkylation sites (tertiary alicyclic amines) is 1. The first-order valence-electron chi connectivity index (χ1n) is 8.27. The van der Waals surface area contributed by atoms with Gasteiger partial charge in [0.2, 0.25) is 5.91 Å². The lowest BCUT2D eigenvalue weighted by Crippen LogP contribution is -2.49.